The summed E-state index contributed by atoms with van der Waals surface area (Å²) >= 11 is 0. The lowest BCUT2D eigenvalue weighted by Crippen LogP contribution is -2.62. The zero-order chi connectivity index (χ0) is 18.9. The van der Waals surface area contributed by atoms with Crippen LogP contribution in [0.4, 0.5) is 0 Å². The van der Waals surface area contributed by atoms with Gasteiger partial charge in [-0.2, -0.15) is 0 Å². The van der Waals surface area contributed by atoms with Crippen LogP contribution in [0.25, 0.3) is 0 Å². The Hall–Kier alpha value is -1.88. The monoisotopic (exact) mass is 358 g/mol. The molecule has 0 bridgehead atoms. The van der Waals surface area contributed by atoms with Gasteiger partial charge in [0.05, 0.1) is 5.92 Å². The minimum atomic E-state index is -0.354. The Kier molecular flexibility index (Phi) is 5.11. The Morgan fingerprint density at radius 2 is 1.77 bits per heavy atom. The van der Waals surface area contributed by atoms with E-state index in [1.807, 2.05) is 35.2 Å². The number of hydrogen-bond acceptors (Lipinski definition) is 4. The van der Waals surface area contributed by atoms with Gasteiger partial charge in [-0.25, -0.2) is 0 Å². The molecule has 0 spiro atoms. The molecule has 2 aliphatic rings. The van der Waals surface area contributed by atoms with Gasteiger partial charge >= 0.3 is 5.97 Å². The highest BCUT2D eigenvalue weighted by Crippen LogP contribution is 2.34. The first kappa shape index (κ1) is 18.9. The molecule has 1 N–H and O–H groups in total. The van der Waals surface area contributed by atoms with E-state index < -0.39 is 0 Å². The number of benzene rings is 1. The maximum absolute atomic E-state index is 12.6. The molecule has 1 aromatic carbocycles. The highest BCUT2D eigenvalue weighted by atomic mass is 16.5. The molecular weight excluding hydrogens is 328 g/mol. The van der Waals surface area contributed by atoms with Crippen LogP contribution in [0.2, 0.25) is 0 Å². The minimum absolute atomic E-state index is 0.0292. The largest absolute Gasteiger partial charge is 0.461 e. The van der Waals surface area contributed by atoms with Crippen LogP contribution < -0.4 is 5.32 Å². The smallest absolute Gasteiger partial charge is 0.311 e. The summed E-state index contributed by atoms with van der Waals surface area (Å²) in [5, 5.41) is 3.64. The van der Waals surface area contributed by atoms with Crippen molar-refractivity contribution in [1.29, 1.82) is 0 Å². The van der Waals surface area contributed by atoms with E-state index in [9.17, 15) is 9.59 Å². The van der Waals surface area contributed by atoms with E-state index in [4.69, 9.17) is 4.74 Å². The van der Waals surface area contributed by atoms with E-state index in [2.05, 4.69) is 33.0 Å². The van der Waals surface area contributed by atoms with Crippen molar-refractivity contribution in [2.45, 2.75) is 70.7 Å². The SMILES string of the molecule is CC1(C)CC(N2CC(C(=O)OCc3ccccc3)CC2=O)CC(C)(C)N1. The van der Waals surface area contributed by atoms with Crippen LogP contribution >= 0.6 is 0 Å². The molecule has 2 aliphatic heterocycles. The highest BCUT2D eigenvalue weighted by molar-refractivity contribution is 5.87. The predicted molar refractivity (Wildman–Crippen MR) is 100 cm³/mol. The van der Waals surface area contributed by atoms with Gasteiger partial charge in [0.25, 0.3) is 0 Å². The fourth-order valence-corrected chi connectivity index (χ4v) is 4.58. The molecular formula is C21H30N2O3. The number of nitrogens with zero attached hydrogens (tertiary/aromatic N) is 1. The van der Waals surface area contributed by atoms with Gasteiger partial charge in [0.2, 0.25) is 5.91 Å². The molecule has 5 nitrogen and oxygen atoms in total. The molecule has 1 amide bonds. The van der Waals surface area contributed by atoms with Crippen molar-refractivity contribution >= 4 is 11.9 Å². The third-order valence-corrected chi connectivity index (χ3v) is 5.33. The summed E-state index contributed by atoms with van der Waals surface area (Å²) in [5.74, 6) is -0.547. The quantitative estimate of drug-likeness (QED) is 0.841. The van der Waals surface area contributed by atoms with Crippen LogP contribution in [0.3, 0.4) is 0 Å². The number of hydrogen-bond donors (Lipinski definition) is 1. The number of esters is 1. The first-order chi connectivity index (χ1) is 12.2. The van der Waals surface area contributed by atoms with E-state index in [-0.39, 0.29) is 47.9 Å². The number of piperidine rings is 1. The van der Waals surface area contributed by atoms with Crippen LogP contribution in [0.15, 0.2) is 30.3 Å². The molecule has 26 heavy (non-hydrogen) atoms. The lowest BCUT2D eigenvalue weighted by Gasteiger charge is -2.49. The summed E-state index contributed by atoms with van der Waals surface area (Å²) in [5.41, 5.74) is 0.904. The molecule has 5 heteroatoms. The second-order valence-corrected chi connectivity index (χ2v) is 9.00. The van der Waals surface area contributed by atoms with Gasteiger partial charge in [-0.15, -0.1) is 0 Å². The van der Waals surface area contributed by atoms with E-state index in [0.29, 0.717) is 6.54 Å². The van der Waals surface area contributed by atoms with Crippen LogP contribution in [-0.2, 0) is 20.9 Å². The number of rotatable bonds is 4. The van der Waals surface area contributed by atoms with E-state index >= 15 is 0 Å². The average Bonchev–Trinajstić information content (AvgIpc) is 2.93. The van der Waals surface area contributed by atoms with Crippen LogP contribution in [-0.4, -0.2) is 40.4 Å². The molecule has 1 unspecified atom stereocenters. The van der Waals surface area contributed by atoms with Gasteiger partial charge in [-0.3, -0.25) is 9.59 Å². The number of nitrogens with one attached hydrogen (secondary N) is 1. The minimum Gasteiger partial charge on any atom is -0.461 e. The molecule has 2 fully saturated rings. The maximum atomic E-state index is 12.6. The number of ether oxygens (including phenoxy) is 1. The van der Waals surface area contributed by atoms with Gasteiger partial charge in [0.1, 0.15) is 6.61 Å². The molecule has 142 valence electrons. The van der Waals surface area contributed by atoms with Crippen molar-refractivity contribution in [3.8, 4) is 0 Å². The first-order valence-electron chi connectivity index (χ1n) is 9.45. The first-order valence-corrected chi connectivity index (χ1v) is 9.45. The zero-order valence-electron chi connectivity index (χ0n) is 16.2. The normalized spacial score (nSPS) is 25.3. The van der Waals surface area contributed by atoms with Crippen LogP contribution in [0, 0.1) is 5.92 Å². The van der Waals surface area contributed by atoms with Crippen molar-refractivity contribution < 1.29 is 14.3 Å². The number of likely N-dealkylation sites (tertiary alicyclic amines) is 1. The zero-order valence-corrected chi connectivity index (χ0v) is 16.2. The molecule has 2 saturated heterocycles. The van der Waals surface area contributed by atoms with E-state index in [1.54, 1.807) is 0 Å². The van der Waals surface area contributed by atoms with Gasteiger partial charge < -0.3 is 15.0 Å². The summed E-state index contributed by atoms with van der Waals surface area (Å²) in [6.07, 6.45) is 2.06. The molecule has 3 rings (SSSR count). The second-order valence-electron chi connectivity index (χ2n) is 9.00. The number of amides is 1. The summed E-state index contributed by atoms with van der Waals surface area (Å²) in [4.78, 5) is 26.9. The number of carbonyl (C=O) groups is 2. The summed E-state index contributed by atoms with van der Waals surface area (Å²) in [7, 11) is 0. The third kappa shape index (κ3) is 4.44. The van der Waals surface area contributed by atoms with E-state index in [1.165, 1.54) is 0 Å². The molecule has 1 atom stereocenters. The Balaban J connectivity index is 1.60. The van der Waals surface area contributed by atoms with Gasteiger partial charge in [0, 0.05) is 30.1 Å². The fraction of sp³-hybridized carbons (Fsp3) is 0.619. The summed E-state index contributed by atoms with van der Waals surface area (Å²) in [6.45, 7) is 9.43. The molecule has 2 heterocycles. The van der Waals surface area contributed by atoms with Crippen LogP contribution in [0.5, 0.6) is 0 Å². The van der Waals surface area contributed by atoms with Crippen molar-refractivity contribution in [3.05, 3.63) is 35.9 Å². The average molecular weight is 358 g/mol. The van der Waals surface area contributed by atoms with E-state index in [0.717, 1.165) is 18.4 Å². The van der Waals surface area contributed by atoms with Crippen molar-refractivity contribution in [2.75, 3.05) is 6.54 Å². The topological polar surface area (TPSA) is 58.6 Å². The Morgan fingerprint density at radius 3 is 2.38 bits per heavy atom. The van der Waals surface area contributed by atoms with Gasteiger partial charge in [-0.1, -0.05) is 30.3 Å². The molecule has 1 aromatic rings. The summed E-state index contributed by atoms with van der Waals surface area (Å²) < 4.78 is 5.45. The van der Waals surface area contributed by atoms with Crippen molar-refractivity contribution in [3.63, 3.8) is 0 Å². The van der Waals surface area contributed by atoms with Crippen LogP contribution in [0.1, 0.15) is 52.5 Å². The predicted octanol–water partition coefficient (Wildman–Crippen LogP) is 2.89. The Bertz CT molecular complexity index is 653. The molecule has 0 radical (unpaired) electrons. The molecule has 0 saturated carbocycles. The van der Waals surface area contributed by atoms with Gasteiger partial charge in [0.15, 0.2) is 0 Å². The lowest BCUT2D eigenvalue weighted by molar-refractivity contribution is -0.149. The highest BCUT2D eigenvalue weighted by Gasteiger charge is 2.45. The Morgan fingerprint density at radius 1 is 1.15 bits per heavy atom. The van der Waals surface area contributed by atoms with Gasteiger partial charge in [-0.05, 0) is 46.1 Å². The molecule has 0 aliphatic carbocycles. The van der Waals surface area contributed by atoms with Crippen molar-refractivity contribution in [2.24, 2.45) is 5.92 Å². The molecule has 0 aromatic heterocycles. The standard InChI is InChI=1S/C21H30N2O3/c1-20(2)11-17(12-21(3,4)22-20)23-13-16(10-18(23)24)19(25)26-14-15-8-6-5-7-9-15/h5-9,16-17,22H,10-14H2,1-4H3. The second kappa shape index (κ2) is 7.03. The summed E-state index contributed by atoms with van der Waals surface area (Å²) in [6, 6.07) is 9.80. The third-order valence-electron chi connectivity index (χ3n) is 5.33. The fourth-order valence-electron chi connectivity index (χ4n) is 4.58. The van der Waals surface area contributed by atoms with Crippen molar-refractivity contribution in [1.82, 2.24) is 10.2 Å². The maximum Gasteiger partial charge on any atom is 0.311 e. The lowest BCUT2D eigenvalue weighted by atomic mass is 9.79. The number of carbonyl (C=O) groups excluding carboxylic acids is 2. The Labute approximate surface area is 156 Å².